The summed E-state index contributed by atoms with van der Waals surface area (Å²) in [5.74, 6) is 2.68. The van der Waals surface area contributed by atoms with Gasteiger partial charge in [0.2, 0.25) is 5.89 Å². The minimum atomic E-state index is -0.0885. The lowest BCUT2D eigenvalue weighted by atomic mass is 9.84. The van der Waals surface area contributed by atoms with Gasteiger partial charge in [-0.05, 0) is 63.6 Å². The number of methoxy groups -OCH3 is 1. The fourth-order valence-corrected chi connectivity index (χ4v) is 4.06. The highest BCUT2D eigenvalue weighted by Crippen LogP contribution is 2.31. The summed E-state index contributed by atoms with van der Waals surface area (Å²) in [4.78, 5) is 16.2. The van der Waals surface area contributed by atoms with E-state index in [1.165, 1.54) is 12.8 Å². The predicted octanol–water partition coefficient (Wildman–Crippen LogP) is 5.47. The molecule has 6 nitrogen and oxygen atoms in total. The van der Waals surface area contributed by atoms with Crippen molar-refractivity contribution in [3.05, 3.63) is 35.7 Å². The molecule has 1 aromatic heterocycles. The Bertz CT molecular complexity index is 816. The quantitative estimate of drug-likeness (QED) is 0.479. The summed E-state index contributed by atoms with van der Waals surface area (Å²) in [5.41, 5.74) is 1.74. The number of aromatic nitrogens is 1. The zero-order valence-electron chi connectivity index (χ0n) is 18.3. The fraction of sp³-hybridized carbons (Fsp3) is 0.583. The number of carbonyl (C=O) groups excluding carboxylic acids is 1. The molecular formula is C24H33NO5. The molecular weight excluding hydrogens is 382 g/mol. The molecule has 0 bridgehead atoms. The average molecular weight is 416 g/mol. The van der Waals surface area contributed by atoms with Crippen molar-refractivity contribution in [1.82, 2.24) is 4.98 Å². The van der Waals surface area contributed by atoms with E-state index in [-0.39, 0.29) is 12.1 Å². The maximum Gasteiger partial charge on any atom is 0.305 e. The van der Waals surface area contributed by atoms with E-state index < -0.39 is 0 Å². The highest BCUT2D eigenvalue weighted by atomic mass is 16.5. The van der Waals surface area contributed by atoms with Crippen LogP contribution in [0.2, 0.25) is 0 Å². The van der Waals surface area contributed by atoms with Gasteiger partial charge in [-0.15, -0.1) is 0 Å². The second-order valence-corrected chi connectivity index (χ2v) is 7.92. The number of esters is 1. The van der Waals surface area contributed by atoms with Crippen molar-refractivity contribution in [2.75, 3.05) is 13.7 Å². The number of hydrogen-bond donors (Lipinski definition) is 0. The van der Waals surface area contributed by atoms with Crippen LogP contribution in [0.4, 0.5) is 0 Å². The number of carbonyl (C=O) groups is 1. The number of aryl methyl sites for hydroxylation is 1. The van der Waals surface area contributed by atoms with Gasteiger partial charge in [0.25, 0.3) is 0 Å². The third-order valence-electron chi connectivity index (χ3n) is 5.70. The molecule has 6 heteroatoms. The Hall–Kier alpha value is -2.34. The van der Waals surface area contributed by atoms with Crippen molar-refractivity contribution in [3.63, 3.8) is 0 Å². The zero-order chi connectivity index (χ0) is 21.3. The lowest BCUT2D eigenvalue weighted by Gasteiger charge is -2.29. The van der Waals surface area contributed by atoms with Crippen LogP contribution in [0.15, 0.2) is 28.7 Å². The summed E-state index contributed by atoms with van der Waals surface area (Å²) < 4.78 is 22.4. The fourth-order valence-electron chi connectivity index (χ4n) is 4.06. The molecule has 2 aromatic rings. The Balaban J connectivity index is 1.49. The van der Waals surface area contributed by atoms with Crippen LogP contribution in [0.3, 0.4) is 0 Å². The smallest absolute Gasteiger partial charge is 0.305 e. The van der Waals surface area contributed by atoms with E-state index in [1.807, 2.05) is 38.1 Å². The number of ether oxygens (including phenoxy) is 3. The van der Waals surface area contributed by atoms with Crippen LogP contribution < -0.4 is 4.74 Å². The first-order valence-corrected chi connectivity index (χ1v) is 11.0. The van der Waals surface area contributed by atoms with Crippen molar-refractivity contribution in [1.29, 1.82) is 0 Å². The van der Waals surface area contributed by atoms with Crippen LogP contribution in [-0.4, -0.2) is 30.8 Å². The van der Waals surface area contributed by atoms with Gasteiger partial charge in [0, 0.05) is 12.0 Å². The number of rotatable bonds is 10. The third kappa shape index (κ3) is 6.33. The van der Waals surface area contributed by atoms with Gasteiger partial charge in [-0.25, -0.2) is 4.98 Å². The number of oxazole rings is 1. The molecule has 0 aliphatic heterocycles. The monoisotopic (exact) mass is 415 g/mol. The van der Waals surface area contributed by atoms with Crippen molar-refractivity contribution >= 4 is 5.97 Å². The summed E-state index contributed by atoms with van der Waals surface area (Å²) in [7, 11) is 1.65. The second kappa shape index (κ2) is 11.2. The Morgan fingerprint density at radius 1 is 1.30 bits per heavy atom. The zero-order valence-corrected chi connectivity index (χ0v) is 18.3. The molecule has 0 N–H and O–H groups in total. The van der Waals surface area contributed by atoms with E-state index >= 15 is 0 Å². The highest BCUT2D eigenvalue weighted by Gasteiger charge is 2.23. The summed E-state index contributed by atoms with van der Waals surface area (Å²) >= 11 is 0. The molecule has 1 aromatic carbocycles. The molecule has 0 unspecified atom stereocenters. The van der Waals surface area contributed by atoms with E-state index in [0.717, 1.165) is 48.5 Å². The maximum absolute atomic E-state index is 11.5. The third-order valence-corrected chi connectivity index (χ3v) is 5.70. The van der Waals surface area contributed by atoms with Crippen LogP contribution >= 0.6 is 0 Å². The topological polar surface area (TPSA) is 70.8 Å². The largest absolute Gasteiger partial charge is 0.497 e. The van der Waals surface area contributed by atoms with Crippen LogP contribution in [-0.2, 0) is 20.9 Å². The van der Waals surface area contributed by atoms with Crippen molar-refractivity contribution < 1.29 is 23.4 Å². The Labute approximate surface area is 178 Å². The molecule has 2 atom stereocenters. The van der Waals surface area contributed by atoms with Gasteiger partial charge in [-0.3, -0.25) is 4.79 Å². The Morgan fingerprint density at radius 3 is 2.97 bits per heavy atom. The SMILES string of the molecule is CCOC(=O)CCC[C@@H]1CCC[C@H](OCc2nc(-c3cccc(OC)c3)oc2C)C1. The molecule has 164 valence electrons. The van der Waals surface area contributed by atoms with E-state index in [9.17, 15) is 4.79 Å². The molecule has 1 fully saturated rings. The molecule has 1 saturated carbocycles. The number of benzene rings is 1. The van der Waals surface area contributed by atoms with E-state index in [1.54, 1.807) is 7.11 Å². The summed E-state index contributed by atoms with van der Waals surface area (Å²) in [6.45, 7) is 4.68. The standard InChI is InChI=1S/C24H33NO5/c1-4-28-23(26)13-6-9-18-8-5-12-21(14-18)29-16-22-17(2)30-24(25-22)19-10-7-11-20(15-19)27-3/h7,10-11,15,18,21H,4-6,8-9,12-14,16H2,1-3H3/t18-,21-/m0/s1. The number of hydrogen-bond acceptors (Lipinski definition) is 6. The summed E-state index contributed by atoms with van der Waals surface area (Å²) in [6.07, 6.45) is 7.21. The molecule has 0 spiro atoms. The van der Waals surface area contributed by atoms with Gasteiger partial charge in [0.15, 0.2) is 0 Å². The van der Waals surface area contributed by atoms with Crippen molar-refractivity contribution in [2.45, 2.75) is 71.5 Å². The first-order chi connectivity index (χ1) is 14.6. The Kier molecular flexibility index (Phi) is 8.31. The van der Waals surface area contributed by atoms with Gasteiger partial charge < -0.3 is 18.6 Å². The predicted molar refractivity (Wildman–Crippen MR) is 114 cm³/mol. The van der Waals surface area contributed by atoms with Crippen LogP contribution in [0, 0.1) is 12.8 Å². The summed E-state index contributed by atoms with van der Waals surface area (Å²) in [5, 5.41) is 0. The second-order valence-electron chi connectivity index (χ2n) is 7.92. The molecule has 1 heterocycles. The molecule has 0 radical (unpaired) electrons. The first kappa shape index (κ1) is 22.3. The van der Waals surface area contributed by atoms with E-state index in [0.29, 0.717) is 31.4 Å². The molecule has 3 rings (SSSR count). The lowest BCUT2D eigenvalue weighted by molar-refractivity contribution is -0.143. The molecule has 30 heavy (non-hydrogen) atoms. The molecule has 1 aliphatic carbocycles. The van der Waals surface area contributed by atoms with Gasteiger partial charge in [-0.2, -0.15) is 0 Å². The lowest BCUT2D eigenvalue weighted by Crippen LogP contribution is -2.23. The molecule has 1 aliphatic rings. The van der Waals surface area contributed by atoms with Crippen LogP contribution in [0.25, 0.3) is 11.5 Å². The minimum absolute atomic E-state index is 0.0885. The minimum Gasteiger partial charge on any atom is -0.497 e. The van der Waals surface area contributed by atoms with Crippen LogP contribution in [0.5, 0.6) is 5.75 Å². The van der Waals surface area contributed by atoms with E-state index in [2.05, 4.69) is 4.98 Å². The van der Waals surface area contributed by atoms with Gasteiger partial charge in [0.05, 0.1) is 26.4 Å². The average Bonchev–Trinajstić information content (AvgIpc) is 3.13. The molecule has 0 amide bonds. The van der Waals surface area contributed by atoms with Crippen LogP contribution in [0.1, 0.15) is 63.3 Å². The van der Waals surface area contributed by atoms with Gasteiger partial charge in [-0.1, -0.05) is 18.9 Å². The number of nitrogens with zero attached hydrogens (tertiary/aromatic N) is 1. The van der Waals surface area contributed by atoms with Gasteiger partial charge in [0.1, 0.15) is 17.2 Å². The molecule has 0 saturated heterocycles. The van der Waals surface area contributed by atoms with E-state index in [4.69, 9.17) is 18.6 Å². The first-order valence-electron chi connectivity index (χ1n) is 11.0. The van der Waals surface area contributed by atoms with Crippen molar-refractivity contribution in [3.8, 4) is 17.2 Å². The summed E-state index contributed by atoms with van der Waals surface area (Å²) in [6, 6.07) is 7.70. The maximum atomic E-state index is 11.5. The van der Waals surface area contributed by atoms with Crippen molar-refractivity contribution in [2.24, 2.45) is 5.92 Å². The van der Waals surface area contributed by atoms with Gasteiger partial charge >= 0.3 is 5.97 Å². The normalized spacial score (nSPS) is 18.9. The Morgan fingerprint density at radius 2 is 2.17 bits per heavy atom. The highest BCUT2D eigenvalue weighted by molar-refractivity contribution is 5.69.